The summed E-state index contributed by atoms with van der Waals surface area (Å²) in [5, 5.41) is 6.59. The van der Waals surface area contributed by atoms with Crippen molar-refractivity contribution in [2.45, 2.75) is 58.2 Å². The molecule has 7 heteroatoms. The minimum atomic E-state index is 0. The number of aromatic nitrogens is 1. The highest BCUT2D eigenvalue weighted by Crippen LogP contribution is 2.25. The van der Waals surface area contributed by atoms with Crippen molar-refractivity contribution in [2.24, 2.45) is 4.99 Å². The molecule has 6 nitrogen and oxygen atoms in total. The number of aliphatic imine (C=N–C) groups is 1. The van der Waals surface area contributed by atoms with E-state index in [4.69, 9.17) is 9.47 Å². The van der Waals surface area contributed by atoms with Crippen molar-refractivity contribution in [2.75, 3.05) is 20.3 Å². The second kappa shape index (κ2) is 12.3. The van der Waals surface area contributed by atoms with E-state index < -0.39 is 0 Å². The van der Waals surface area contributed by atoms with Crippen molar-refractivity contribution >= 4 is 29.9 Å². The first-order valence-corrected chi connectivity index (χ1v) is 8.87. The van der Waals surface area contributed by atoms with Crippen LogP contribution in [0.25, 0.3) is 0 Å². The molecule has 1 fully saturated rings. The standard InChI is InChI=1S/C18H30N4O2.HI/c1-4-19-18(22-14(2)13-23-3)21-12-15-8-7-11-20-17(15)24-16-9-5-6-10-16;/h7-8,11,14,16H,4-6,9-10,12-13H2,1-3H3,(H2,19,21,22);1H. The molecule has 0 amide bonds. The summed E-state index contributed by atoms with van der Waals surface area (Å²) < 4.78 is 11.2. The Kier molecular flexibility index (Phi) is 10.8. The Morgan fingerprint density at radius 3 is 2.84 bits per heavy atom. The lowest BCUT2D eigenvalue weighted by Gasteiger charge is -2.18. The van der Waals surface area contributed by atoms with E-state index in [1.54, 1.807) is 13.3 Å². The fourth-order valence-electron chi connectivity index (χ4n) is 2.82. The maximum Gasteiger partial charge on any atom is 0.218 e. The zero-order valence-electron chi connectivity index (χ0n) is 15.5. The molecule has 1 unspecified atom stereocenters. The summed E-state index contributed by atoms with van der Waals surface area (Å²) in [6.45, 7) is 6.09. The molecule has 1 aromatic heterocycles. The molecule has 1 heterocycles. The van der Waals surface area contributed by atoms with Gasteiger partial charge in [-0.1, -0.05) is 6.07 Å². The molecule has 2 rings (SSSR count). The van der Waals surface area contributed by atoms with Crippen LogP contribution in [-0.4, -0.2) is 43.4 Å². The first-order chi connectivity index (χ1) is 11.7. The zero-order valence-corrected chi connectivity index (χ0v) is 17.8. The predicted octanol–water partition coefficient (Wildman–Crippen LogP) is 3.11. The van der Waals surface area contributed by atoms with Gasteiger partial charge in [-0.25, -0.2) is 9.98 Å². The third kappa shape index (κ3) is 7.77. The van der Waals surface area contributed by atoms with E-state index in [0.717, 1.165) is 30.9 Å². The minimum Gasteiger partial charge on any atom is -0.474 e. The van der Waals surface area contributed by atoms with Gasteiger partial charge in [0.05, 0.1) is 13.2 Å². The molecule has 1 atom stereocenters. The number of pyridine rings is 1. The van der Waals surface area contributed by atoms with E-state index in [-0.39, 0.29) is 30.0 Å². The molecule has 25 heavy (non-hydrogen) atoms. The molecule has 2 N–H and O–H groups in total. The first-order valence-electron chi connectivity index (χ1n) is 8.87. The molecule has 0 spiro atoms. The lowest BCUT2D eigenvalue weighted by molar-refractivity contribution is 0.179. The molecule has 1 saturated carbocycles. The topological polar surface area (TPSA) is 67.8 Å². The van der Waals surface area contributed by atoms with E-state index in [9.17, 15) is 0 Å². The van der Waals surface area contributed by atoms with Gasteiger partial charge in [0, 0.05) is 31.5 Å². The monoisotopic (exact) mass is 462 g/mol. The van der Waals surface area contributed by atoms with Crippen LogP contribution < -0.4 is 15.4 Å². The van der Waals surface area contributed by atoms with E-state index in [2.05, 4.69) is 34.5 Å². The van der Waals surface area contributed by atoms with Gasteiger partial charge in [-0.15, -0.1) is 24.0 Å². The number of hydrogen-bond donors (Lipinski definition) is 2. The average Bonchev–Trinajstić information content (AvgIpc) is 3.07. The van der Waals surface area contributed by atoms with Gasteiger partial charge in [-0.2, -0.15) is 0 Å². The van der Waals surface area contributed by atoms with Crippen molar-refractivity contribution in [1.82, 2.24) is 15.6 Å². The highest BCUT2D eigenvalue weighted by molar-refractivity contribution is 14.0. The van der Waals surface area contributed by atoms with Gasteiger partial charge < -0.3 is 20.1 Å². The summed E-state index contributed by atoms with van der Waals surface area (Å²) in [5.74, 6) is 1.49. The van der Waals surface area contributed by atoms with Crippen molar-refractivity contribution in [3.63, 3.8) is 0 Å². The maximum atomic E-state index is 6.08. The number of halogens is 1. The highest BCUT2D eigenvalue weighted by atomic mass is 127. The third-order valence-corrected chi connectivity index (χ3v) is 3.98. The van der Waals surface area contributed by atoms with E-state index in [1.165, 1.54) is 12.8 Å². The van der Waals surface area contributed by atoms with E-state index >= 15 is 0 Å². The van der Waals surface area contributed by atoms with Crippen molar-refractivity contribution in [3.8, 4) is 5.88 Å². The maximum absolute atomic E-state index is 6.08. The molecule has 1 aromatic rings. The summed E-state index contributed by atoms with van der Waals surface area (Å²) >= 11 is 0. The van der Waals surface area contributed by atoms with Gasteiger partial charge in [0.25, 0.3) is 0 Å². The number of nitrogens with one attached hydrogen (secondary N) is 2. The largest absolute Gasteiger partial charge is 0.474 e. The fraction of sp³-hybridized carbons (Fsp3) is 0.667. The fourth-order valence-corrected chi connectivity index (χ4v) is 2.82. The molecule has 142 valence electrons. The van der Waals surface area contributed by atoms with Crippen LogP contribution in [0.2, 0.25) is 0 Å². The van der Waals surface area contributed by atoms with Crippen LogP contribution in [0.15, 0.2) is 23.3 Å². The lowest BCUT2D eigenvalue weighted by atomic mass is 10.2. The molecule has 0 aliphatic heterocycles. The minimum absolute atomic E-state index is 0. The third-order valence-electron chi connectivity index (χ3n) is 3.98. The van der Waals surface area contributed by atoms with Crippen molar-refractivity contribution in [3.05, 3.63) is 23.9 Å². The Hall–Kier alpha value is -1.09. The lowest BCUT2D eigenvalue weighted by Crippen LogP contribution is -2.43. The summed E-state index contributed by atoms with van der Waals surface area (Å²) in [7, 11) is 1.70. The Morgan fingerprint density at radius 2 is 2.16 bits per heavy atom. The second-order valence-electron chi connectivity index (χ2n) is 6.19. The molecular formula is C18H31IN4O2. The molecule has 0 bridgehead atoms. The van der Waals surface area contributed by atoms with Crippen LogP contribution >= 0.6 is 24.0 Å². The summed E-state index contributed by atoms with van der Waals surface area (Å²) in [6, 6.07) is 4.15. The van der Waals surface area contributed by atoms with Gasteiger partial charge in [0.15, 0.2) is 5.96 Å². The van der Waals surface area contributed by atoms with E-state index in [1.807, 2.05) is 12.1 Å². The average molecular weight is 462 g/mol. The van der Waals surface area contributed by atoms with E-state index in [0.29, 0.717) is 25.1 Å². The number of ether oxygens (including phenoxy) is 2. The molecule has 1 aliphatic rings. The molecule has 0 aromatic carbocycles. The van der Waals surface area contributed by atoms with Crippen LogP contribution in [0, 0.1) is 0 Å². The number of methoxy groups -OCH3 is 1. The molecule has 0 radical (unpaired) electrons. The number of hydrogen-bond acceptors (Lipinski definition) is 4. The normalized spacial score (nSPS) is 16.2. The smallest absolute Gasteiger partial charge is 0.218 e. The van der Waals surface area contributed by atoms with Crippen LogP contribution in [0.1, 0.15) is 45.1 Å². The van der Waals surface area contributed by atoms with Crippen molar-refractivity contribution in [1.29, 1.82) is 0 Å². The molecule has 0 saturated heterocycles. The van der Waals surface area contributed by atoms with Crippen LogP contribution in [0.4, 0.5) is 0 Å². The van der Waals surface area contributed by atoms with Gasteiger partial charge >= 0.3 is 0 Å². The number of nitrogens with zero attached hydrogens (tertiary/aromatic N) is 2. The first kappa shape index (κ1) is 22.0. The van der Waals surface area contributed by atoms with Crippen LogP contribution in [-0.2, 0) is 11.3 Å². The quantitative estimate of drug-likeness (QED) is 0.353. The Balaban J connectivity index is 0.00000312. The van der Waals surface area contributed by atoms with Crippen LogP contribution in [0.5, 0.6) is 5.88 Å². The summed E-state index contributed by atoms with van der Waals surface area (Å²) in [5.41, 5.74) is 1.01. The zero-order chi connectivity index (χ0) is 17.2. The highest BCUT2D eigenvalue weighted by Gasteiger charge is 2.18. The van der Waals surface area contributed by atoms with Gasteiger partial charge in [0.1, 0.15) is 6.10 Å². The SMILES string of the molecule is CCNC(=NCc1cccnc1OC1CCCC1)NC(C)COC.I. The Bertz CT molecular complexity index is 522. The number of guanidine groups is 1. The summed E-state index contributed by atoms with van der Waals surface area (Å²) in [4.78, 5) is 9.06. The second-order valence-corrected chi connectivity index (χ2v) is 6.19. The van der Waals surface area contributed by atoms with Crippen molar-refractivity contribution < 1.29 is 9.47 Å². The van der Waals surface area contributed by atoms with Crippen LogP contribution in [0.3, 0.4) is 0 Å². The van der Waals surface area contributed by atoms with Gasteiger partial charge in [-0.05, 0) is 45.6 Å². The Labute approximate surface area is 168 Å². The molecular weight excluding hydrogens is 431 g/mol. The van der Waals surface area contributed by atoms with Gasteiger partial charge in [0.2, 0.25) is 5.88 Å². The van der Waals surface area contributed by atoms with Gasteiger partial charge in [-0.3, -0.25) is 0 Å². The Morgan fingerprint density at radius 1 is 1.40 bits per heavy atom. The summed E-state index contributed by atoms with van der Waals surface area (Å²) in [6.07, 6.45) is 6.82. The predicted molar refractivity (Wildman–Crippen MR) is 112 cm³/mol. The molecule has 1 aliphatic carbocycles. The number of rotatable bonds is 8.